The number of halogens is 1. The van der Waals surface area contributed by atoms with Crippen molar-refractivity contribution in [2.75, 3.05) is 7.11 Å². The van der Waals surface area contributed by atoms with Crippen molar-refractivity contribution in [2.45, 2.75) is 26.3 Å². The molecule has 0 spiro atoms. The maximum absolute atomic E-state index is 5.70. The third-order valence-corrected chi connectivity index (χ3v) is 4.12. The molecule has 0 amide bonds. The van der Waals surface area contributed by atoms with Crippen molar-refractivity contribution in [3.63, 3.8) is 0 Å². The zero-order valence-corrected chi connectivity index (χ0v) is 15.6. The minimum atomic E-state index is 0. The third-order valence-electron chi connectivity index (χ3n) is 4.12. The van der Waals surface area contributed by atoms with Crippen LogP contribution in [0.2, 0.25) is 0 Å². The van der Waals surface area contributed by atoms with Crippen LogP contribution in [-0.2, 0) is 6.54 Å². The number of aromatic nitrogens is 2. The lowest BCUT2D eigenvalue weighted by Gasteiger charge is -2.09. The molecule has 0 saturated heterocycles. The van der Waals surface area contributed by atoms with Crippen LogP contribution in [0.1, 0.15) is 31.0 Å². The second kappa shape index (κ2) is 8.19. The van der Waals surface area contributed by atoms with Gasteiger partial charge in [0.25, 0.3) is 0 Å². The van der Waals surface area contributed by atoms with Gasteiger partial charge in [0.1, 0.15) is 5.75 Å². The van der Waals surface area contributed by atoms with Crippen LogP contribution in [0.25, 0.3) is 16.9 Å². The molecule has 0 aliphatic carbocycles. The fourth-order valence-corrected chi connectivity index (χ4v) is 2.62. The summed E-state index contributed by atoms with van der Waals surface area (Å²) < 4.78 is 7.24. The molecule has 3 rings (SSSR count). The molecule has 2 N–H and O–H groups in total. The highest BCUT2D eigenvalue weighted by atomic mass is 35.5. The molecule has 0 unspecified atom stereocenters. The molecule has 0 radical (unpaired) electrons. The van der Waals surface area contributed by atoms with Crippen LogP contribution in [0.5, 0.6) is 5.75 Å². The van der Waals surface area contributed by atoms with Crippen molar-refractivity contribution in [2.24, 2.45) is 5.73 Å². The predicted molar refractivity (Wildman–Crippen MR) is 105 cm³/mol. The summed E-state index contributed by atoms with van der Waals surface area (Å²) in [6.07, 6.45) is 0. The van der Waals surface area contributed by atoms with Gasteiger partial charge in [-0.05, 0) is 41.8 Å². The molecule has 2 aromatic carbocycles. The lowest BCUT2D eigenvalue weighted by atomic mass is 10.1. The van der Waals surface area contributed by atoms with E-state index in [1.165, 1.54) is 0 Å². The lowest BCUT2D eigenvalue weighted by Crippen LogP contribution is -2.01. The largest absolute Gasteiger partial charge is 0.497 e. The summed E-state index contributed by atoms with van der Waals surface area (Å²) in [5.41, 5.74) is 11.1. The Morgan fingerprint density at radius 2 is 1.68 bits per heavy atom. The fourth-order valence-electron chi connectivity index (χ4n) is 2.62. The van der Waals surface area contributed by atoms with Gasteiger partial charge in [-0.15, -0.1) is 12.4 Å². The number of ether oxygens (including phenoxy) is 1. The highest BCUT2D eigenvalue weighted by Crippen LogP contribution is 2.28. The number of benzene rings is 2. The molecule has 5 heteroatoms. The van der Waals surface area contributed by atoms with Crippen molar-refractivity contribution in [3.05, 3.63) is 65.9 Å². The van der Waals surface area contributed by atoms with Crippen LogP contribution < -0.4 is 10.5 Å². The molecule has 1 heterocycles. The van der Waals surface area contributed by atoms with Gasteiger partial charge in [-0.2, -0.15) is 5.10 Å². The maximum atomic E-state index is 5.70. The first kappa shape index (κ1) is 19.0. The van der Waals surface area contributed by atoms with E-state index < -0.39 is 0 Å². The Morgan fingerprint density at radius 1 is 1.04 bits per heavy atom. The molecule has 0 atom stereocenters. The highest BCUT2D eigenvalue weighted by Gasteiger charge is 2.14. The minimum Gasteiger partial charge on any atom is -0.497 e. The number of hydrogen-bond donors (Lipinski definition) is 1. The van der Waals surface area contributed by atoms with Crippen molar-refractivity contribution >= 4 is 12.4 Å². The zero-order valence-electron chi connectivity index (χ0n) is 14.8. The van der Waals surface area contributed by atoms with E-state index in [-0.39, 0.29) is 12.4 Å². The molecule has 0 aliphatic heterocycles. The Kier molecular flexibility index (Phi) is 6.23. The molecule has 0 aliphatic rings. The van der Waals surface area contributed by atoms with Crippen molar-refractivity contribution in [1.82, 2.24) is 9.78 Å². The predicted octanol–water partition coefficient (Wildman–Crippen LogP) is 4.55. The molecule has 0 fully saturated rings. The lowest BCUT2D eigenvalue weighted by molar-refractivity contribution is 0.414. The first-order chi connectivity index (χ1) is 11.6. The summed E-state index contributed by atoms with van der Waals surface area (Å²) in [5, 5.41) is 4.81. The molecule has 0 bridgehead atoms. The van der Waals surface area contributed by atoms with Crippen LogP contribution in [0.15, 0.2) is 54.6 Å². The molecule has 0 saturated carbocycles. The highest BCUT2D eigenvalue weighted by molar-refractivity contribution is 5.85. The Morgan fingerprint density at radius 3 is 2.20 bits per heavy atom. The van der Waals surface area contributed by atoms with Crippen molar-refractivity contribution in [1.29, 1.82) is 0 Å². The monoisotopic (exact) mass is 357 g/mol. The summed E-state index contributed by atoms with van der Waals surface area (Å²) in [7, 11) is 1.67. The Hall–Kier alpha value is -2.30. The first-order valence-electron chi connectivity index (χ1n) is 8.16. The van der Waals surface area contributed by atoms with E-state index in [2.05, 4.69) is 44.2 Å². The average molecular weight is 358 g/mol. The fraction of sp³-hybridized carbons (Fsp3) is 0.250. The van der Waals surface area contributed by atoms with E-state index in [1.54, 1.807) is 7.11 Å². The Bertz CT molecular complexity index is 743. The third kappa shape index (κ3) is 4.03. The number of nitrogens with zero attached hydrogens (tertiary/aromatic N) is 2. The molecular formula is C20H24ClN3O. The molecule has 1 aromatic heterocycles. The van der Waals surface area contributed by atoms with Crippen molar-refractivity contribution in [3.8, 4) is 22.7 Å². The van der Waals surface area contributed by atoms with E-state index in [0.29, 0.717) is 12.5 Å². The van der Waals surface area contributed by atoms with Crippen LogP contribution in [0.3, 0.4) is 0 Å². The van der Waals surface area contributed by atoms with E-state index in [0.717, 1.165) is 34.0 Å². The van der Waals surface area contributed by atoms with E-state index in [9.17, 15) is 0 Å². The van der Waals surface area contributed by atoms with Gasteiger partial charge in [-0.3, -0.25) is 0 Å². The van der Waals surface area contributed by atoms with Gasteiger partial charge in [0.15, 0.2) is 0 Å². The van der Waals surface area contributed by atoms with Gasteiger partial charge in [0.2, 0.25) is 0 Å². The number of nitrogens with two attached hydrogens (primary N) is 1. The number of methoxy groups -OCH3 is 1. The van der Waals surface area contributed by atoms with Gasteiger partial charge in [0.05, 0.1) is 24.2 Å². The van der Waals surface area contributed by atoms with Crippen LogP contribution in [0, 0.1) is 0 Å². The quantitative estimate of drug-likeness (QED) is 0.728. The smallest absolute Gasteiger partial charge is 0.119 e. The molecule has 132 valence electrons. The van der Waals surface area contributed by atoms with Gasteiger partial charge in [0, 0.05) is 12.1 Å². The molecule has 25 heavy (non-hydrogen) atoms. The minimum absolute atomic E-state index is 0. The first-order valence-corrected chi connectivity index (χ1v) is 8.16. The van der Waals surface area contributed by atoms with Gasteiger partial charge < -0.3 is 10.5 Å². The number of hydrogen-bond acceptors (Lipinski definition) is 3. The van der Waals surface area contributed by atoms with Gasteiger partial charge in [-0.25, -0.2) is 4.68 Å². The second-order valence-corrected chi connectivity index (χ2v) is 6.12. The van der Waals surface area contributed by atoms with Crippen LogP contribution >= 0.6 is 12.4 Å². The van der Waals surface area contributed by atoms with Crippen molar-refractivity contribution < 1.29 is 4.74 Å². The summed E-state index contributed by atoms with van der Waals surface area (Å²) in [5.74, 6) is 1.20. The molecule has 4 nitrogen and oxygen atoms in total. The second-order valence-electron chi connectivity index (χ2n) is 6.12. The average Bonchev–Trinajstić information content (AvgIpc) is 3.07. The van der Waals surface area contributed by atoms with E-state index in [4.69, 9.17) is 15.6 Å². The Balaban J connectivity index is 0.00000225. The normalized spacial score (nSPS) is 10.6. The summed E-state index contributed by atoms with van der Waals surface area (Å²) in [4.78, 5) is 0. The molecule has 3 aromatic rings. The zero-order chi connectivity index (χ0) is 17.1. The van der Waals surface area contributed by atoms with E-state index in [1.807, 2.05) is 28.9 Å². The number of rotatable bonds is 5. The summed E-state index contributed by atoms with van der Waals surface area (Å²) in [6, 6.07) is 18.4. The summed E-state index contributed by atoms with van der Waals surface area (Å²) in [6.45, 7) is 4.86. The standard InChI is InChI=1S/C20H23N3O.ClH/c1-14(2)19-12-20(16-6-4-15(13-21)5-7-16)23(22-19)17-8-10-18(24-3)11-9-17;/h4-12,14H,13,21H2,1-3H3;1H. The SMILES string of the molecule is COc1ccc(-n2nc(C(C)C)cc2-c2ccc(CN)cc2)cc1.Cl. The molecular weight excluding hydrogens is 334 g/mol. The van der Waals surface area contributed by atoms with Gasteiger partial charge >= 0.3 is 0 Å². The van der Waals surface area contributed by atoms with Gasteiger partial charge in [-0.1, -0.05) is 38.1 Å². The van der Waals surface area contributed by atoms with E-state index >= 15 is 0 Å². The summed E-state index contributed by atoms with van der Waals surface area (Å²) >= 11 is 0. The topological polar surface area (TPSA) is 53.1 Å². The van der Waals surface area contributed by atoms with Crippen LogP contribution in [0.4, 0.5) is 0 Å². The maximum Gasteiger partial charge on any atom is 0.119 e. The van der Waals surface area contributed by atoms with Crippen LogP contribution in [-0.4, -0.2) is 16.9 Å². The Labute approximate surface area is 155 Å².